The lowest BCUT2D eigenvalue weighted by Gasteiger charge is -2.19. The van der Waals surface area contributed by atoms with Crippen molar-refractivity contribution in [3.8, 4) is 11.4 Å². The summed E-state index contributed by atoms with van der Waals surface area (Å²) < 4.78 is 7.00. The molecule has 0 radical (unpaired) electrons. The molecule has 1 heterocycles. The van der Waals surface area contributed by atoms with Crippen LogP contribution in [0, 0.1) is 0 Å². The van der Waals surface area contributed by atoms with E-state index in [0.29, 0.717) is 5.96 Å². The summed E-state index contributed by atoms with van der Waals surface area (Å²) in [6.07, 6.45) is 2.99. The van der Waals surface area contributed by atoms with Gasteiger partial charge < -0.3 is 20.5 Å². The molecule has 2 unspecified atom stereocenters. The van der Waals surface area contributed by atoms with E-state index in [0.717, 1.165) is 29.1 Å². The molecule has 0 aliphatic rings. The number of hydrogen-bond acceptors (Lipinski definition) is 4. The first-order valence-electron chi connectivity index (χ1n) is 10.1. The minimum atomic E-state index is -0.690. The van der Waals surface area contributed by atoms with Gasteiger partial charge in [0.15, 0.2) is 5.96 Å². The summed E-state index contributed by atoms with van der Waals surface area (Å²) in [4.78, 5) is 4.57. The highest BCUT2D eigenvalue weighted by atomic mass is 16.5. The summed E-state index contributed by atoms with van der Waals surface area (Å²) >= 11 is 0. The third-order valence-electron chi connectivity index (χ3n) is 4.76. The highest BCUT2D eigenvalue weighted by Crippen LogP contribution is 2.19. The van der Waals surface area contributed by atoms with Gasteiger partial charge in [-0.3, -0.25) is 4.99 Å². The molecule has 2 aromatic carbocycles. The number of aliphatic imine (C=N–C) groups is 1. The van der Waals surface area contributed by atoms with Crippen LogP contribution in [0.25, 0.3) is 5.69 Å². The van der Waals surface area contributed by atoms with E-state index in [1.54, 1.807) is 13.3 Å². The van der Waals surface area contributed by atoms with Crippen molar-refractivity contribution < 1.29 is 9.84 Å². The molecule has 7 nitrogen and oxygen atoms in total. The molecule has 0 fully saturated rings. The third-order valence-corrected chi connectivity index (χ3v) is 4.76. The van der Waals surface area contributed by atoms with Crippen molar-refractivity contribution in [2.45, 2.75) is 26.0 Å². The van der Waals surface area contributed by atoms with E-state index in [-0.39, 0.29) is 12.6 Å². The third kappa shape index (κ3) is 5.61. The van der Waals surface area contributed by atoms with Crippen molar-refractivity contribution in [2.75, 3.05) is 20.2 Å². The molecule has 3 rings (SSSR count). The summed E-state index contributed by atoms with van der Waals surface area (Å²) in [5.74, 6) is 1.41. The minimum Gasteiger partial charge on any atom is -0.497 e. The molecule has 0 bridgehead atoms. The monoisotopic (exact) mass is 407 g/mol. The number of guanidine groups is 1. The molecule has 0 aliphatic heterocycles. The molecule has 30 heavy (non-hydrogen) atoms. The van der Waals surface area contributed by atoms with Gasteiger partial charge in [0.1, 0.15) is 5.75 Å². The van der Waals surface area contributed by atoms with Crippen molar-refractivity contribution >= 4 is 5.96 Å². The van der Waals surface area contributed by atoms with E-state index >= 15 is 0 Å². The first-order valence-corrected chi connectivity index (χ1v) is 10.1. The maximum atomic E-state index is 10.5. The van der Waals surface area contributed by atoms with Crippen LogP contribution in [0.4, 0.5) is 0 Å². The number of nitrogens with zero attached hydrogens (tertiary/aromatic N) is 3. The second-order valence-corrected chi connectivity index (χ2v) is 6.92. The zero-order chi connectivity index (χ0) is 21.3. The van der Waals surface area contributed by atoms with E-state index in [9.17, 15) is 5.11 Å². The fourth-order valence-electron chi connectivity index (χ4n) is 3.08. The lowest BCUT2D eigenvalue weighted by Crippen LogP contribution is -2.39. The fourth-order valence-corrected chi connectivity index (χ4v) is 3.08. The summed E-state index contributed by atoms with van der Waals surface area (Å²) in [5, 5.41) is 21.4. The standard InChI is InChI=1S/C23H29N5O2/c1-4-24-23(25-16-22(29)18-9-11-21(30-3)12-10-18)27-17(2)19-7-5-8-20(15-19)28-14-6-13-26-28/h5-15,17,22,29H,4,16H2,1-3H3,(H2,24,25,27). The van der Waals surface area contributed by atoms with Crippen LogP contribution in [0.3, 0.4) is 0 Å². The SMILES string of the molecule is CCNC(=NCC(O)c1ccc(OC)cc1)NC(C)c1cccc(-n2cccn2)c1. The number of aliphatic hydroxyl groups excluding tert-OH is 1. The lowest BCUT2D eigenvalue weighted by atomic mass is 10.1. The van der Waals surface area contributed by atoms with Gasteiger partial charge in [0.25, 0.3) is 0 Å². The van der Waals surface area contributed by atoms with Crippen molar-refractivity contribution in [1.29, 1.82) is 0 Å². The predicted octanol–water partition coefficient (Wildman–Crippen LogP) is 3.23. The molecule has 3 N–H and O–H groups in total. The summed E-state index contributed by atoms with van der Waals surface area (Å²) in [6, 6.07) is 17.5. The number of hydrogen-bond donors (Lipinski definition) is 3. The number of methoxy groups -OCH3 is 1. The maximum Gasteiger partial charge on any atom is 0.191 e. The second-order valence-electron chi connectivity index (χ2n) is 6.92. The number of benzene rings is 2. The van der Waals surface area contributed by atoms with Crippen LogP contribution in [0.2, 0.25) is 0 Å². The quantitative estimate of drug-likeness (QED) is 0.394. The first kappa shape index (κ1) is 21.4. The van der Waals surface area contributed by atoms with Gasteiger partial charge >= 0.3 is 0 Å². The lowest BCUT2D eigenvalue weighted by molar-refractivity contribution is 0.187. The Kier molecular flexibility index (Phi) is 7.45. The van der Waals surface area contributed by atoms with E-state index in [1.165, 1.54) is 0 Å². The predicted molar refractivity (Wildman–Crippen MR) is 119 cm³/mol. The van der Waals surface area contributed by atoms with Crippen LogP contribution in [0.5, 0.6) is 5.75 Å². The molecule has 0 aliphatic carbocycles. The van der Waals surface area contributed by atoms with Gasteiger partial charge in [-0.1, -0.05) is 24.3 Å². The smallest absolute Gasteiger partial charge is 0.191 e. The fraction of sp³-hybridized carbons (Fsp3) is 0.304. The molecule has 0 saturated carbocycles. The summed E-state index contributed by atoms with van der Waals surface area (Å²) in [5.41, 5.74) is 2.92. The summed E-state index contributed by atoms with van der Waals surface area (Å²) in [6.45, 7) is 5.07. The van der Waals surface area contributed by atoms with E-state index in [2.05, 4.69) is 39.8 Å². The van der Waals surface area contributed by atoms with Gasteiger partial charge in [0, 0.05) is 18.9 Å². The van der Waals surface area contributed by atoms with E-state index in [4.69, 9.17) is 4.74 Å². The Balaban J connectivity index is 1.67. The molecule has 0 amide bonds. The average molecular weight is 408 g/mol. The van der Waals surface area contributed by atoms with Gasteiger partial charge in [-0.15, -0.1) is 0 Å². The van der Waals surface area contributed by atoms with Crippen molar-refractivity contribution in [3.63, 3.8) is 0 Å². The zero-order valence-electron chi connectivity index (χ0n) is 17.6. The highest BCUT2D eigenvalue weighted by molar-refractivity contribution is 5.80. The molecule has 1 aromatic heterocycles. The van der Waals surface area contributed by atoms with E-state index in [1.807, 2.05) is 60.3 Å². The minimum absolute atomic E-state index is 0.0245. The van der Waals surface area contributed by atoms with Gasteiger partial charge in [0.2, 0.25) is 0 Å². The normalized spacial score (nSPS) is 13.5. The van der Waals surface area contributed by atoms with Crippen LogP contribution in [-0.4, -0.2) is 41.0 Å². The maximum absolute atomic E-state index is 10.5. The van der Waals surface area contributed by atoms with Crippen LogP contribution >= 0.6 is 0 Å². The van der Waals surface area contributed by atoms with Gasteiger partial charge in [-0.05, 0) is 55.3 Å². The Morgan fingerprint density at radius 2 is 1.97 bits per heavy atom. The number of rotatable bonds is 8. The van der Waals surface area contributed by atoms with E-state index < -0.39 is 6.10 Å². The van der Waals surface area contributed by atoms with Crippen LogP contribution in [-0.2, 0) is 0 Å². The Labute approximate surface area is 177 Å². The first-order chi connectivity index (χ1) is 14.6. The molecule has 3 aromatic rings. The zero-order valence-corrected chi connectivity index (χ0v) is 17.6. The Hall–Kier alpha value is -3.32. The number of nitrogens with one attached hydrogen (secondary N) is 2. The number of aromatic nitrogens is 2. The molecule has 7 heteroatoms. The van der Waals surface area contributed by atoms with Crippen molar-refractivity contribution in [1.82, 2.24) is 20.4 Å². The molecular formula is C23H29N5O2. The van der Waals surface area contributed by atoms with Crippen LogP contribution in [0.15, 0.2) is 72.0 Å². The molecule has 0 spiro atoms. The Morgan fingerprint density at radius 3 is 2.63 bits per heavy atom. The summed E-state index contributed by atoms with van der Waals surface area (Å²) in [7, 11) is 1.62. The van der Waals surface area contributed by atoms with Crippen LogP contribution in [0.1, 0.15) is 37.1 Å². The molecule has 0 saturated heterocycles. The Bertz CT molecular complexity index is 938. The van der Waals surface area contributed by atoms with Gasteiger partial charge in [-0.2, -0.15) is 5.10 Å². The van der Waals surface area contributed by atoms with Gasteiger partial charge in [-0.25, -0.2) is 4.68 Å². The largest absolute Gasteiger partial charge is 0.497 e. The number of ether oxygens (including phenoxy) is 1. The average Bonchev–Trinajstić information content (AvgIpc) is 3.32. The Morgan fingerprint density at radius 1 is 1.17 bits per heavy atom. The van der Waals surface area contributed by atoms with Gasteiger partial charge in [0.05, 0.1) is 31.5 Å². The van der Waals surface area contributed by atoms with Crippen LogP contribution < -0.4 is 15.4 Å². The van der Waals surface area contributed by atoms with Crippen molar-refractivity contribution in [3.05, 3.63) is 78.1 Å². The molecule has 2 atom stereocenters. The number of aliphatic hydroxyl groups is 1. The molecule has 158 valence electrons. The highest BCUT2D eigenvalue weighted by Gasteiger charge is 2.11. The van der Waals surface area contributed by atoms with Crippen molar-refractivity contribution in [2.24, 2.45) is 4.99 Å². The molecular weight excluding hydrogens is 378 g/mol. The topological polar surface area (TPSA) is 83.7 Å². The second kappa shape index (κ2) is 10.5.